The van der Waals surface area contributed by atoms with Gasteiger partial charge in [-0.05, 0) is 31.0 Å². The van der Waals surface area contributed by atoms with E-state index < -0.39 is 10.0 Å². The summed E-state index contributed by atoms with van der Waals surface area (Å²) in [5.41, 5.74) is 6.41. The molecule has 1 aliphatic rings. The van der Waals surface area contributed by atoms with E-state index in [0.717, 1.165) is 12.8 Å². The molecule has 1 aliphatic carbocycles. The van der Waals surface area contributed by atoms with Crippen molar-refractivity contribution in [2.24, 2.45) is 0 Å². The Kier molecular flexibility index (Phi) is 2.52. The van der Waals surface area contributed by atoms with Crippen LogP contribution in [0.15, 0.2) is 18.2 Å². The highest BCUT2D eigenvalue weighted by Gasteiger charge is 2.35. The summed E-state index contributed by atoms with van der Waals surface area (Å²) < 4.78 is 25.6. The first kappa shape index (κ1) is 10.6. The Hall–Kier alpha value is -0.940. The van der Waals surface area contributed by atoms with Crippen molar-refractivity contribution in [2.45, 2.75) is 18.1 Å². The molecule has 0 aromatic heterocycles. The predicted octanol–water partition coefficient (Wildman–Crippen LogP) is 1.83. The summed E-state index contributed by atoms with van der Waals surface area (Å²) in [6.07, 6.45) is 1.46. The van der Waals surface area contributed by atoms with E-state index in [-0.39, 0.29) is 5.25 Å². The highest BCUT2D eigenvalue weighted by molar-refractivity contribution is 7.93. The molecular formula is C9H11ClN2O2S. The molecule has 0 aliphatic heterocycles. The Labute approximate surface area is 93.5 Å². The number of hydrogen-bond donors (Lipinski definition) is 2. The minimum Gasteiger partial charge on any atom is -0.399 e. The SMILES string of the molecule is Nc1cc(Cl)cc(NS(=O)(=O)C2CC2)c1. The molecular weight excluding hydrogens is 236 g/mol. The van der Waals surface area contributed by atoms with Crippen molar-refractivity contribution < 1.29 is 8.42 Å². The Bertz CT molecular complexity index is 463. The lowest BCUT2D eigenvalue weighted by Crippen LogP contribution is -2.17. The topological polar surface area (TPSA) is 72.2 Å². The molecule has 0 radical (unpaired) electrons. The average molecular weight is 247 g/mol. The maximum Gasteiger partial charge on any atom is 0.235 e. The number of rotatable bonds is 3. The van der Waals surface area contributed by atoms with E-state index in [2.05, 4.69) is 4.72 Å². The number of sulfonamides is 1. The van der Waals surface area contributed by atoms with E-state index in [9.17, 15) is 8.42 Å². The molecule has 0 bridgehead atoms. The first-order valence-corrected chi connectivity index (χ1v) is 6.47. The second-order valence-electron chi connectivity index (χ2n) is 3.62. The number of benzene rings is 1. The lowest BCUT2D eigenvalue weighted by atomic mass is 10.3. The van der Waals surface area contributed by atoms with Crippen LogP contribution in [-0.2, 0) is 10.0 Å². The normalized spacial score (nSPS) is 16.3. The van der Waals surface area contributed by atoms with Crippen LogP contribution in [0.2, 0.25) is 5.02 Å². The van der Waals surface area contributed by atoms with Crippen molar-refractivity contribution in [3.63, 3.8) is 0 Å². The minimum absolute atomic E-state index is 0.252. The van der Waals surface area contributed by atoms with Gasteiger partial charge in [0.1, 0.15) is 0 Å². The zero-order valence-corrected chi connectivity index (χ0v) is 9.48. The van der Waals surface area contributed by atoms with Crippen LogP contribution in [0.5, 0.6) is 0 Å². The van der Waals surface area contributed by atoms with Crippen LogP contribution in [0.1, 0.15) is 12.8 Å². The highest BCUT2D eigenvalue weighted by Crippen LogP contribution is 2.30. The van der Waals surface area contributed by atoms with Crippen LogP contribution in [-0.4, -0.2) is 13.7 Å². The van der Waals surface area contributed by atoms with E-state index >= 15 is 0 Å². The fraction of sp³-hybridized carbons (Fsp3) is 0.333. The van der Waals surface area contributed by atoms with E-state index in [1.165, 1.54) is 6.07 Å². The lowest BCUT2D eigenvalue weighted by molar-refractivity contribution is 0.600. The summed E-state index contributed by atoms with van der Waals surface area (Å²) in [6, 6.07) is 4.65. The third kappa shape index (κ3) is 2.54. The quantitative estimate of drug-likeness (QED) is 0.800. The standard InChI is InChI=1S/C9H11ClN2O2S/c10-6-3-7(11)5-8(4-6)12-15(13,14)9-1-2-9/h3-5,9,12H,1-2,11H2. The van der Waals surface area contributed by atoms with Gasteiger partial charge in [0.25, 0.3) is 0 Å². The Morgan fingerprint density at radius 3 is 2.53 bits per heavy atom. The fourth-order valence-corrected chi connectivity index (χ4v) is 2.91. The van der Waals surface area contributed by atoms with Crippen molar-refractivity contribution in [2.75, 3.05) is 10.5 Å². The molecule has 0 saturated heterocycles. The number of halogens is 1. The monoisotopic (exact) mass is 246 g/mol. The molecule has 82 valence electrons. The molecule has 0 heterocycles. The van der Waals surface area contributed by atoms with Gasteiger partial charge < -0.3 is 5.73 Å². The second kappa shape index (κ2) is 3.57. The van der Waals surface area contributed by atoms with Crippen LogP contribution < -0.4 is 10.5 Å². The molecule has 1 aromatic carbocycles. The zero-order chi connectivity index (χ0) is 11.1. The van der Waals surface area contributed by atoms with Gasteiger partial charge in [-0.25, -0.2) is 8.42 Å². The van der Waals surface area contributed by atoms with Crippen molar-refractivity contribution >= 4 is 33.0 Å². The Balaban J connectivity index is 2.23. The lowest BCUT2D eigenvalue weighted by Gasteiger charge is -2.07. The molecule has 2 rings (SSSR count). The predicted molar refractivity (Wildman–Crippen MR) is 61.4 cm³/mol. The van der Waals surface area contributed by atoms with Crippen molar-refractivity contribution in [1.82, 2.24) is 0 Å². The molecule has 4 nitrogen and oxygen atoms in total. The maximum absolute atomic E-state index is 11.6. The summed E-state index contributed by atoms with van der Waals surface area (Å²) in [6.45, 7) is 0. The molecule has 0 amide bonds. The van der Waals surface area contributed by atoms with Crippen LogP contribution in [0.25, 0.3) is 0 Å². The molecule has 1 fully saturated rings. The van der Waals surface area contributed by atoms with Gasteiger partial charge in [-0.1, -0.05) is 11.6 Å². The molecule has 3 N–H and O–H groups in total. The minimum atomic E-state index is -3.24. The number of nitrogens with two attached hydrogens (primary N) is 1. The highest BCUT2D eigenvalue weighted by atomic mass is 35.5. The van der Waals surface area contributed by atoms with Gasteiger partial charge >= 0.3 is 0 Å². The van der Waals surface area contributed by atoms with E-state index in [1.807, 2.05) is 0 Å². The third-order valence-corrected chi connectivity index (χ3v) is 4.23. The van der Waals surface area contributed by atoms with Crippen LogP contribution >= 0.6 is 11.6 Å². The van der Waals surface area contributed by atoms with Gasteiger partial charge in [-0.2, -0.15) is 0 Å². The summed E-state index contributed by atoms with van der Waals surface area (Å²) in [4.78, 5) is 0. The van der Waals surface area contributed by atoms with Gasteiger partial charge in [0, 0.05) is 10.7 Å². The Morgan fingerprint density at radius 1 is 1.33 bits per heavy atom. The van der Waals surface area contributed by atoms with Gasteiger partial charge in [-0.15, -0.1) is 0 Å². The van der Waals surface area contributed by atoms with E-state index in [0.29, 0.717) is 16.4 Å². The van der Waals surface area contributed by atoms with Gasteiger partial charge in [-0.3, -0.25) is 4.72 Å². The number of hydrogen-bond acceptors (Lipinski definition) is 3. The number of anilines is 2. The second-order valence-corrected chi connectivity index (χ2v) is 6.02. The van der Waals surface area contributed by atoms with Crippen LogP contribution in [0, 0.1) is 0 Å². The smallest absolute Gasteiger partial charge is 0.235 e. The maximum atomic E-state index is 11.6. The summed E-state index contributed by atoms with van der Waals surface area (Å²) in [7, 11) is -3.24. The Morgan fingerprint density at radius 2 is 2.00 bits per heavy atom. The third-order valence-electron chi connectivity index (χ3n) is 2.14. The summed E-state index contributed by atoms with van der Waals surface area (Å²) in [5.74, 6) is 0. The molecule has 1 aromatic rings. The number of nitrogen functional groups attached to an aromatic ring is 1. The van der Waals surface area contributed by atoms with Crippen molar-refractivity contribution in [3.8, 4) is 0 Å². The molecule has 0 spiro atoms. The van der Waals surface area contributed by atoms with Crippen molar-refractivity contribution in [3.05, 3.63) is 23.2 Å². The summed E-state index contributed by atoms with van der Waals surface area (Å²) >= 11 is 5.76. The van der Waals surface area contributed by atoms with Crippen molar-refractivity contribution in [1.29, 1.82) is 0 Å². The van der Waals surface area contributed by atoms with E-state index in [1.54, 1.807) is 12.1 Å². The first-order chi connectivity index (χ1) is 6.97. The molecule has 0 unspecified atom stereocenters. The molecule has 0 atom stereocenters. The number of nitrogens with one attached hydrogen (secondary N) is 1. The first-order valence-electron chi connectivity index (χ1n) is 4.55. The largest absolute Gasteiger partial charge is 0.399 e. The van der Waals surface area contributed by atoms with E-state index in [4.69, 9.17) is 17.3 Å². The summed E-state index contributed by atoms with van der Waals surface area (Å²) in [5, 5.41) is 0.168. The molecule has 15 heavy (non-hydrogen) atoms. The van der Waals surface area contributed by atoms with Crippen LogP contribution in [0.4, 0.5) is 11.4 Å². The van der Waals surface area contributed by atoms with Gasteiger partial charge in [0.15, 0.2) is 0 Å². The molecule has 6 heteroatoms. The average Bonchev–Trinajstić information content (AvgIpc) is 2.80. The van der Waals surface area contributed by atoms with Gasteiger partial charge in [0.05, 0.1) is 10.9 Å². The zero-order valence-electron chi connectivity index (χ0n) is 7.90. The van der Waals surface area contributed by atoms with Gasteiger partial charge in [0.2, 0.25) is 10.0 Å². The fourth-order valence-electron chi connectivity index (χ4n) is 1.30. The van der Waals surface area contributed by atoms with Crippen LogP contribution in [0.3, 0.4) is 0 Å². The molecule has 1 saturated carbocycles.